The highest BCUT2D eigenvalue weighted by molar-refractivity contribution is 5.97. The Hall–Kier alpha value is -1.84. The molecule has 1 aromatic carbocycles. The van der Waals surface area contributed by atoms with Crippen molar-refractivity contribution < 1.29 is 14.7 Å². The number of hydrogen-bond acceptors (Lipinski definition) is 2. The maximum atomic E-state index is 12.9. The van der Waals surface area contributed by atoms with Gasteiger partial charge in [0.2, 0.25) is 5.91 Å². The van der Waals surface area contributed by atoms with Gasteiger partial charge in [0.15, 0.2) is 0 Å². The molecule has 2 saturated carbocycles. The summed E-state index contributed by atoms with van der Waals surface area (Å²) in [5, 5.41) is 12.6. The van der Waals surface area contributed by atoms with Gasteiger partial charge in [-0.25, -0.2) is 0 Å². The molecular formula is C19H25NO3. The fourth-order valence-corrected chi connectivity index (χ4v) is 4.57. The molecule has 1 amide bonds. The Morgan fingerprint density at radius 2 is 1.83 bits per heavy atom. The molecule has 0 radical (unpaired) electrons. The third kappa shape index (κ3) is 2.75. The van der Waals surface area contributed by atoms with Gasteiger partial charge in [0, 0.05) is 5.69 Å². The van der Waals surface area contributed by atoms with E-state index in [9.17, 15) is 14.7 Å². The number of carbonyl (C=O) groups is 2. The van der Waals surface area contributed by atoms with E-state index in [1.165, 1.54) is 0 Å². The summed E-state index contributed by atoms with van der Waals surface area (Å²) >= 11 is 0. The lowest BCUT2D eigenvalue weighted by molar-refractivity contribution is -0.148. The Kier molecular flexibility index (Phi) is 4.17. The van der Waals surface area contributed by atoms with E-state index in [1.807, 2.05) is 25.1 Å². The van der Waals surface area contributed by atoms with Crippen LogP contribution in [0.25, 0.3) is 0 Å². The summed E-state index contributed by atoms with van der Waals surface area (Å²) in [5.41, 5.74) is 2.99. The molecule has 0 saturated heterocycles. The minimum absolute atomic E-state index is 0.110. The third-order valence-electron chi connectivity index (χ3n) is 5.68. The second-order valence-electron chi connectivity index (χ2n) is 7.41. The number of carboxylic acids is 1. The van der Waals surface area contributed by atoms with Gasteiger partial charge in [-0.05, 0) is 55.1 Å². The van der Waals surface area contributed by atoms with E-state index in [1.54, 1.807) is 0 Å². The number of anilines is 1. The molecule has 124 valence electrons. The lowest BCUT2D eigenvalue weighted by atomic mass is 9.78. The number of carboxylic acid groups (broad SMARTS) is 1. The largest absolute Gasteiger partial charge is 0.481 e. The van der Waals surface area contributed by atoms with Gasteiger partial charge in [-0.15, -0.1) is 0 Å². The normalized spacial score (nSPS) is 29.0. The summed E-state index contributed by atoms with van der Waals surface area (Å²) < 4.78 is 0. The van der Waals surface area contributed by atoms with Crippen molar-refractivity contribution in [3.05, 3.63) is 29.3 Å². The molecular weight excluding hydrogens is 290 g/mol. The number of amides is 1. The van der Waals surface area contributed by atoms with E-state index in [2.05, 4.69) is 19.2 Å². The van der Waals surface area contributed by atoms with E-state index >= 15 is 0 Å². The Bertz CT molecular complexity index is 638. The van der Waals surface area contributed by atoms with Crippen LogP contribution in [0.15, 0.2) is 18.2 Å². The SMILES string of the molecule is Cc1cccc(C(C)C)c1NC(=O)[C@@H]1[C@H]2CC[C@@H](C2)[C@H]1C(=O)O. The first-order chi connectivity index (χ1) is 10.9. The predicted molar refractivity (Wildman–Crippen MR) is 89.3 cm³/mol. The van der Waals surface area contributed by atoms with Crippen molar-refractivity contribution in [2.24, 2.45) is 23.7 Å². The number of fused-ring (bicyclic) bond motifs is 2. The van der Waals surface area contributed by atoms with Crippen molar-refractivity contribution in [3.63, 3.8) is 0 Å². The van der Waals surface area contributed by atoms with Gasteiger partial charge < -0.3 is 10.4 Å². The van der Waals surface area contributed by atoms with Crippen molar-refractivity contribution in [2.75, 3.05) is 5.32 Å². The molecule has 0 aromatic heterocycles. The van der Waals surface area contributed by atoms with Crippen LogP contribution >= 0.6 is 0 Å². The van der Waals surface area contributed by atoms with Crippen LogP contribution in [0, 0.1) is 30.6 Å². The molecule has 0 aliphatic heterocycles. The Balaban J connectivity index is 1.87. The van der Waals surface area contributed by atoms with E-state index in [4.69, 9.17) is 0 Å². The zero-order valence-electron chi connectivity index (χ0n) is 14.0. The summed E-state index contributed by atoms with van der Waals surface area (Å²) in [6.07, 6.45) is 2.82. The molecule has 2 N–H and O–H groups in total. The third-order valence-corrected chi connectivity index (χ3v) is 5.68. The number of hydrogen-bond donors (Lipinski definition) is 2. The van der Waals surface area contributed by atoms with Crippen LogP contribution in [0.2, 0.25) is 0 Å². The lowest BCUT2D eigenvalue weighted by Crippen LogP contribution is -2.38. The van der Waals surface area contributed by atoms with Gasteiger partial charge in [0.25, 0.3) is 0 Å². The highest BCUT2D eigenvalue weighted by atomic mass is 16.4. The zero-order valence-corrected chi connectivity index (χ0v) is 14.0. The predicted octanol–water partition coefficient (Wildman–Crippen LogP) is 3.80. The number of aryl methyl sites for hydroxylation is 1. The van der Waals surface area contributed by atoms with Gasteiger partial charge in [-0.2, -0.15) is 0 Å². The van der Waals surface area contributed by atoms with E-state index in [-0.39, 0.29) is 23.7 Å². The van der Waals surface area contributed by atoms with E-state index in [0.29, 0.717) is 5.92 Å². The molecule has 0 heterocycles. The first-order valence-corrected chi connectivity index (χ1v) is 8.53. The highest BCUT2D eigenvalue weighted by Gasteiger charge is 2.54. The molecule has 2 bridgehead atoms. The summed E-state index contributed by atoms with van der Waals surface area (Å²) in [4.78, 5) is 24.5. The summed E-state index contributed by atoms with van der Waals surface area (Å²) in [5.74, 6) is -1.11. The fourth-order valence-electron chi connectivity index (χ4n) is 4.57. The highest BCUT2D eigenvalue weighted by Crippen LogP contribution is 2.52. The van der Waals surface area contributed by atoms with Crippen LogP contribution < -0.4 is 5.32 Å². The quantitative estimate of drug-likeness (QED) is 0.888. The van der Waals surface area contributed by atoms with Gasteiger partial charge >= 0.3 is 5.97 Å². The van der Waals surface area contributed by atoms with Crippen LogP contribution in [-0.4, -0.2) is 17.0 Å². The van der Waals surface area contributed by atoms with Crippen molar-refractivity contribution in [2.45, 2.75) is 46.0 Å². The van der Waals surface area contributed by atoms with Gasteiger partial charge in [-0.3, -0.25) is 9.59 Å². The topological polar surface area (TPSA) is 66.4 Å². The summed E-state index contributed by atoms with van der Waals surface area (Å²) in [6.45, 7) is 6.18. The molecule has 4 nitrogen and oxygen atoms in total. The molecule has 4 atom stereocenters. The molecule has 2 aliphatic rings. The first kappa shape index (κ1) is 16.0. The minimum atomic E-state index is -0.814. The zero-order chi connectivity index (χ0) is 16.7. The number of carbonyl (C=O) groups excluding carboxylic acids is 1. The van der Waals surface area contributed by atoms with Crippen molar-refractivity contribution in [3.8, 4) is 0 Å². The maximum Gasteiger partial charge on any atom is 0.307 e. The smallest absolute Gasteiger partial charge is 0.307 e. The average Bonchev–Trinajstić information content (AvgIpc) is 3.09. The molecule has 2 aliphatic carbocycles. The van der Waals surface area contributed by atoms with Crippen LogP contribution in [0.1, 0.15) is 50.2 Å². The molecule has 2 fully saturated rings. The summed E-state index contributed by atoms with van der Waals surface area (Å²) in [6, 6.07) is 6.01. The number of benzene rings is 1. The van der Waals surface area contributed by atoms with Crippen LogP contribution in [0.5, 0.6) is 0 Å². The number of aliphatic carboxylic acids is 1. The Morgan fingerprint density at radius 1 is 1.17 bits per heavy atom. The first-order valence-electron chi connectivity index (χ1n) is 8.53. The molecule has 0 unspecified atom stereocenters. The molecule has 23 heavy (non-hydrogen) atoms. The second-order valence-corrected chi connectivity index (χ2v) is 7.41. The standard InChI is InChI=1S/C19H25NO3/c1-10(2)14-6-4-5-11(3)17(14)20-18(21)15-12-7-8-13(9-12)16(15)19(22)23/h4-6,10,12-13,15-16H,7-9H2,1-3H3,(H,20,21)(H,22,23)/t12-,13-,15+,16+/m0/s1. The van der Waals surface area contributed by atoms with Crippen LogP contribution in [0.3, 0.4) is 0 Å². The molecule has 3 rings (SSSR count). The molecule has 0 spiro atoms. The number of rotatable bonds is 4. The van der Waals surface area contributed by atoms with E-state index < -0.39 is 11.9 Å². The minimum Gasteiger partial charge on any atom is -0.481 e. The maximum absolute atomic E-state index is 12.9. The Morgan fingerprint density at radius 3 is 2.43 bits per heavy atom. The lowest BCUT2D eigenvalue weighted by Gasteiger charge is -2.28. The van der Waals surface area contributed by atoms with E-state index in [0.717, 1.165) is 36.1 Å². The molecule has 1 aromatic rings. The summed E-state index contributed by atoms with van der Waals surface area (Å²) in [7, 11) is 0. The van der Waals surface area contributed by atoms with Crippen LogP contribution in [0.4, 0.5) is 5.69 Å². The van der Waals surface area contributed by atoms with Crippen molar-refractivity contribution in [1.29, 1.82) is 0 Å². The van der Waals surface area contributed by atoms with Crippen molar-refractivity contribution >= 4 is 17.6 Å². The average molecular weight is 315 g/mol. The monoisotopic (exact) mass is 315 g/mol. The van der Waals surface area contributed by atoms with Crippen molar-refractivity contribution in [1.82, 2.24) is 0 Å². The number of nitrogens with one attached hydrogen (secondary N) is 1. The molecule has 4 heteroatoms. The van der Waals surface area contributed by atoms with Gasteiger partial charge in [-0.1, -0.05) is 32.0 Å². The van der Waals surface area contributed by atoms with Gasteiger partial charge in [0.05, 0.1) is 11.8 Å². The second kappa shape index (κ2) is 5.99. The van der Waals surface area contributed by atoms with Crippen LogP contribution in [-0.2, 0) is 9.59 Å². The number of para-hydroxylation sites is 1. The van der Waals surface area contributed by atoms with Gasteiger partial charge in [0.1, 0.15) is 0 Å². The fraction of sp³-hybridized carbons (Fsp3) is 0.579. The Labute approximate surface area is 137 Å².